The third-order valence-electron chi connectivity index (χ3n) is 2.11. The van der Waals surface area contributed by atoms with Gasteiger partial charge in [0.25, 0.3) is 0 Å². The Kier molecular flexibility index (Phi) is 2.77. The zero-order valence-corrected chi connectivity index (χ0v) is 8.87. The molecule has 0 spiro atoms. The Morgan fingerprint density at radius 1 is 1.40 bits per heavy atom. The van der Waals surface area contributed by atoms with Gasteiger partial charge >= 0.3 is 0 Å². The Morgan fingerprint density at radius 3 is 2.87 bits per heavy atom. The highest BCUT2D eigenvalue weighted by atomic mass is 32.1. The highest BCUT2D eigenvalue weighted by Crippen LogP contribution is 2.01. The molecule has 2 aromatic heterocycles. The predicted molar refractivity (Wildman–Crippen MR) is 59.2 cm³/mol. The summed E-state index contributed by atoms with van der Waals surface area (Å²) in [4.78, 5) is 4.22. The van der Waals surface area contributed by atoms with Gasteiger partial charge in [-0.2, -0.15) is 5.10 Å². The molecule has 0 aliphatic heterocycles. The first-order valence-electron chi connectivity index (χ1n) is 4.58. The average Bonchev–Trinajstić information content (AvgIpc) is 2.59. The monoisotopic (exact) mass is 221 g/mol. The van der Waals surface area contributed by atoms with Gasteiger partial charge < -0.3 is 5.84 Å². The molecule has 78 valence electrons. The maximum absolute atomic E-state index is 5.67. The molecule has 2 aromatic rings. The molecule has 0 radical (unpaired) electrons. The fourth-order valence-corrected chi connectivity index (χ4v) is 1.45. The van der Waals surface area contributed by atoms with E-state index in [4.69, 9.17) is 18.1 Å². The quantitative estimate of drug-likeness (QED) is 0.595. The largest absolute Gasteiger partial charge is 0.335 e. The molecular formula is C9H11N5S. The van der Waals surface area contributed by atoms with Crippen molar-refractivity contribution in [1.29, 1.82) is 0 Å². The molecule has 2 heterocycles. The van der Waals surface area contributed by atoms with Crippen molar-refractivity contribution in [2.45, 2.75) is 12.8 Å². The van der Waals surface area contributed by atoms with Crippen LogP contribution in [0.15, 0.2) is 24.4 Å². The number of hydrogen-bond donors (Lipinski definition) is 2. The van der Waals surface area contributed by atoms with E-state index in [-0.39, 0.29) is 0 Å². The van der Waals surface area contributed by atoms with Gasteiger partial charge in [0.15, 0.2) is 5.82 Å². The minimum absolute atomic E-state index is 0.436. The molecule has 6 heteroatoms. The second-order valence-corrected chi connectivity index (χ2v) is 3.52. The first-order valence-corrected chi connectivity index (χ1v) is 4.99. The predicted octanol–water partition coefficient (Wildman–Crippen LogP) is 0.835. The van der Waals surface area contributed by atoms with Crippen molar-refractivity contribution < 1.29 is 0 Å². The van der Waals surface area contributed by atoms with Gasteiger partial charge in [-0.05, 0) is 30.8 Å². The molecule has 0 aliphatic carbocycles. The van der Waals surface area contributed by atoms with Crippen LogP contribution < -0.4 is 5.84 Å². The summed E-state index contributed by atoms with van der Waals surface area (Å²) in [5.74, 6) is 6.41. The Morgan fingerprint density at radius 2 is 2.27 bits per heavy atom. The van der Waals surface area contributed by atoms with Crippen molar-refractivity contribution in [2.24, 2.45) is 0 Å². The fourth-order valence-electron chi connectivity index (χ4n) is 1.30. The number of nitrogens with zero attached hydrogens (tertiary/aromatic N) is 3. The van der Waals surface area contributed by atoms with Crippen LogP contribution in [-0.4, -0.2) is 19.9 Å². The number of H-pyrrole nitrogens is 1. The molecule has 0 aromatic carbocycles. The lowest BCUT2D eigenvalue weighted by Crippen LogP contribution is -2.13. The summed E-state index contributed by atoms with van der Waals surface area (Å²) in [6.07, 6.45) is 3.30. The van der Waals surface area contributed by atoms with Crippen LogP contribution in [0.3, 0.4) is 0 Å². The maximum Gasteiger partial charge on any atom is 0.214 e. The normalized spacial score (nSPS) is 10.4. The van der Waals surface area contributed by atoms with E-state index in [0.29, 0.717) is 4.77 Å². The van der Waals surface area contributed by atoms with Crippen LogP contribution in [0.5, 0.6) is 0 Å². The van der Waals surface area contributed by atoms with Gasteiger partial charge in [0.05, 0.1) is 0 Å². The van der Waals surface area contributed by atoms with Crippen LogP contribution in [-0.2, 0) is 12.8 Å². The molecule has 0 saturated heterocycles. The molecule has 0 saturated carbocycles. The zero-order chi connectivity index (χ0) is 10.7. The summed E-state index contributed by atoms with van der Waals surface area (Å²) < 4.78 is 1.82. The first-order chi connectivity index (χ1) is 7.27. The van der Waals surface area contributed by atoms with Crippen molar-refractivity contribution in [3.05, 3.63) is 40.7 Å². The van der Waals surface area contributed by atoms with E-state index in [1.54, 1.807) is 6.20 Å². The number of aromatic nitrogens is 4. The van der Waals surface area contributed by atoms with Gasteiger partial charge in [-0.15, -0.1) is 0 Å². The molecule has 0 aliphatic rings. The molecule has 0 bridgehead atoms. The summed E-state index contributed by atoms with van der Waals surface area (Å²) in [5.41, 5.74) is 1.02. The lowest BCUT2D eigenvalue weighted by Gasteiger charge is -1.99. The number of aryl methyl sites for hydroxylation is 2. The van der Waals surface area contributed by atoms with Crippen molar-refractivity contribution in [2.75, 3.05) is 5.84 Å². The van der Waals surface area contributed by atoms with Crippen LogP contribution in [0.2, 0.25) is 0 Å². The van der Waals surface area contributed by atoms with E-state index in [2.05, 4.69) is 15.2 Å². The van der Waals surface area contributed by atoms with Crippen molar-refractivity contribution >= 4 is 12.2 Å². The molecule has 3 N–H and O–H groups in total. The molecule has 0 atom stereocenters. The van der Waals surface area contributed by atoms with E-state index in [1.807, 2.05) is 18.2 Å². The van der Waals surface area contributed by atoms with Gasteiger partial charge in [0.1, 0.15) is 0 Å². The van der Waals surface area contributed by atoms with Crippen LogP contribution in [0.25, 0.3) is 0 Å². The average molecular weight is 221 g/mol. The second kappa shape index (κ2) is 4.22. The smallest absolute Gasteiger partial charge is 0.214 e. The number of hydrogen-bond acceptors (Lipinski definition) is 4. The minimum atomic E-state index is 0.436. The summed E-state index contributed by atoms with van der Waals surface area (Å²) >= 11 is 4.91. The fraction of sp³-hybridized carbons (Fsp3) is 0.222. The molecule has 0 amide bonds. The molecule has 0 unspecified atom stereocenters. The summed E-state index contributed by atoms with van der Waals surface area (Å²) in [6.45, 7) is 0. The summed E-state index contributed by atoms with van der Waals surface area (Å²) in [5, 5.41) is 6.67. The van der Waals surface area contributed by atoms with Gasteiger partial charge in [0, 0.05) is 18.3 Å². The number of rotatable bonds is 3. The maximum atomic E-state index is 5.67. The SMILES string of the molecule is Nn1c(CCc2ccccn2)n[nH]c1=S. The summed E-state index contributed by atoms with van der Waals surface area (Å²) in [7, 11) is 0. The lowest BCUT2D eigenvalue weighted by atomic mass is 10.2. The third kappa shape index (κ3) is 2.21. The molecule has 2 rings (SSSR count). The molecular weight excluding hydrogens is 210 g/mol. The minimum Gasteiger partial charge on any atom is -0.335 e. The van der Waals surface area contributed by atoms with Crippen molar-refractivity contribution in [1.82, 2.24) is 19.9 Å². The highest BCUT2D eigenvalue weighted by Gasteiger charge is 2.03. The zero-order valence-electron chi connectivity index (χ0n) is 8.05. The standard InChI is InChI=1S/C9H11N5S/c10-14-8(12-13-9(14)15)5-4-7-3-1-2-6-11-7/h1-3,6H,4-5,10H2,(H,13,15). The van der Waals surface area contributed by atoms with E-state index < -0.39 is 0 Å². The van der Waals surface area contributed by atoms with Gasteiger partial charge in [-0.3, -0.25) is 10.1 Å². The van der Waals surface area contributed by atoms with E-state index >= 15 is 0 Å². The lowest BCUT2D eigenvalue weighted by molar-refractivity contribution is 0.786. The van der Waals surface area contributed by atoms with E-state index in [1.165, 1.54) is 4.68 Å². The van der Waals surface area contributed by atoms with Gasteiger partial charge in [0.2, 0.25) is 4.77 Å². The molecule has 5 nitrogen and oxygen atoms in total. The van der Waals surface area contributed by atoms with E-state index in [9.17, 15) is 0 Å². The topological polar surface area (TPSA) is 72.5 Å². The summed E-state index contributed by atoms with van der Waals surface area (Å²) in [6, 6.07) is 5.83. The van der Waals surface area contributed by atoms with Gasteiger partial charge in [-0.1, -0.05) is 6.07 Å². The van der Waals surface area contributed by atoms with Gasteiger partial charge in [-0.25, -0.2) is 4.68 Å². The third-order valence-corrected chi connectivity index (χ3v) is 2.40. The second-order valence-electron chi connectivity index (χ2n) is 3.14. The van der Waals surface area contributed by atoms with Crippen molar-refractivity contribution in [3.63, 3.8) is 0 Å². The number of aromatic amines is 1. The Hall–Kier alpha value is -1.69. The molecule has 0 fully saturated rings. The Bertz CT molecular complexity index is 487. The number of nitrogen functional groups attached to an aromatic ring is 1. The number of pyridine rings is 1. The van der Waals surface area contributed by atoms with Crippen LogP contribution >= 0.6 is 12.2 Å². The van der Waals surface area contributed by atoms with Crippen molar-refractivity contribution in [3.8, 4) is 0 Å². The first kappa shape index (κ1) is 9.85. The van der Waals surface area contributed by atoms with Crippen LogP contribution in [0, 0.1) is 4.77 Å². The Labute approximate surface area is 91.9 Å². The van der Waals surface area contributed by atoms with Crippen LogP contribution in [0.1, 0.15) is 11.5 Å². The number of nitrogens with one attached hydrogen (secondary N) is 1. The highest BCUT2D eigenvalue weighted by molar-refractivity contribution is 7.71. The Balaban J connectivity index is 2.06. The van der Waals surface area contributed by atoms with Crippen LogP contribution in [0.4, 0.5) is 0 Å². The van der Waals surface area contributed by atoms with E-state index in [0.717, 1.165) is 24.4 Å². The molecule has 15 heavy (non-hydrogen) atoms. The number of nitrogens with two attached hydrogens (primary N) is 1.